The monoisotopic (exact) mass is 202 g/mol. The average molecular weight is 202 g/mol. The number of pyridine rings is 1. The fourth-order valence-electron chi connectivity index (χ4n) is 1.68. The normalized spacial score (nSPS) is 10.5. The van der Waals surface area contributed by atoms with Crippen LogP contribution in [0.3, 0.4) is 0 Å². The highest BCUT2D eigenvalue weighted by Crippen LogP contribution is 2.26. The van der Waals surface area contributed by atoms with Crippen molar-refractivity contribution in [3.63, 3.8) is 0 Å². The van der Waals surface area contributed by atoms with Gasteiger partial charge in [0.2, 0.25) is 0 Å². The summed E-state index contributed by atoms with van der Waals surface area (Å²) >= 11 is 0. The zero-order chi connectivity index (χ0) is 11.0. The molecule has 0 saturated carbocycles. The third kappa shape index (κ3) is 1.44. The maximum atomic E-state index is 10.7. The van der Waals surface area contributed by atoms with Gasteiger partial charge in [0.15, 0.2) is 0 Å². The van der Waals surface area contributed by atoms with Gasteiger partial charge in [-0.05, 0) is 19.4 Å². The Bertz CT molecular complexity index is 550. The molecule has 0 aliphatic heterocycles. The van der Waals surface area contributed by atoms with Gasteiger partial charge in [0, 0.05) is 10.9 Å². The van der Waals surface area contributed by atoms with E-state index in [1.807, 2.05) is 25.1 Å². The van der Waals surface area contributed by atoms with Crippen LogP contribution in [0.2, 0.25) is 0 Å². The first-order valence-corrected chi connectivity index (χ1v) is 4.60. The SMILES string of the molecule is Cc1c([N+](=O)[O-])cnc2c(C)cccc12. The largest absolute Gasteiger partial charge is 0.291 e. The van der Waals surface area contributed by atoms with E-state index in [2.05, 4.69) is 4.98 Å². The summed E-state index contributed by atoms with van der Waals surface area (Å²) < 4.78 is 0. The fourth-order valence-corrected chi connectivity index (χ4v) is 1.68. The highest BCUT2D eigenvalue weighted by molar-refractivity contribution is 5.87. The van der Waals surface area contributed by atoms with Crippen LogP contribution in [0.4, 0.5) is 5.69 Å². The second kappa shape index (κ2) is 3.31. The Kier molecular flexibility index (Phi) is 2.11. The van der Waals surface area contributed by atoms with E-state index < -0.39 is 4.92 Å². The molecule has 0 N–H and O–H groups in total. The molecule has 1 heterocycles. The number of hydrogen-bond acceptors (Lipinski definition) is 3. The van der Waals surface area contributed by atoms with Crippen molar-refractivity contribution in [3.05, 3.63) is 45.6 Å². The molecule has 4 nitrogen and oxygen atoms in total. The predicted molar refractivity (Wildman–Crippen MR) is 57.9 cm³/mol. The zero-order valence-electron chi connectivity index (χ0n) is 8.52. The molecule has 76 valence electrons. The van der Waals surface area contributed by atoms with Crippen molar-refractivity contribution in [2.24, 2.45) is 0 Å². The zero-order valence-corrected chi connectivity index (χ0v) is 8.52. The second-order valence-electron chi connectivity index (χ2n) is 3.50. The number of benzene rings is 1. The number of rotatable bonds is 1. The van der Waals surface area contributed by atoms with Gasteiger partial charge in [-0.15, -0.1) is 0 Å². The fraction of sp³-hybridized carbons (Fsp3) is 0.182. The van der Waals surface area contributed by atoms with Crippen molar-refractivity contribution in [1.29, 1.82) is 0 Å². The molecular weight excluding hydrogens is 192 g/mol. The van der Waals surface area contributed by atoms with E-state index in [1.54, 1.807) is 6.92 Å². The lowest BCUT2D eigenvalue weighted by Gasteiger charge is -2.04. The molecule has 0 saturated heterocycles. The first-order valence-electron chi connectivity index (χ1n) is 4.60. The summed E-state index contributed by atoms with van der Waals surface area (Å²) in [5.41, 5.74) is 2.62. The van der Waals surface area contributed by atoms with E-state index in [0.29, 0.717) is 5.56 Å². The van der Waals surface area contributed by atoms with E-state index in [9.17, 15) is 10.1 Å². The number of aryl methyl sites for hydroxylation is 2. The van der Waals surface area contributed by atoms with Gasteiger partial charge in [-0.2, -0.15) is 0 Å². The number of aromatic nitrogens is 1. The Morgan fingerprint density at radius 2 is 2.07 bits per heavy atom. The molecular formula is C11H10N2O2. The first kappa shape index (κ1) is 9.58. The van der Waals surface area contributed by atoms with Gasteiger partial charge in [0.25, 0.3) is 5.69 Å². The molecule has 2 rings (SSSR count). The lowest BCUT2D eigenvalue weighted by atomic mass is 10.1. The smallest absolute Gasteiger partial charge is 0.258 e. The van der Waals surface area contributed by atoms with Crippen molar-refractivity contribution < 1.29 is 4.92 Å². The molecule has 4 heteroatoms. The minimum absolute atomic E-state index is 0.0769. The van der Waals surface area contributed by atoms with Crippen LogP contribution in [0.15, 0.2) is 24.4 Å². The molecule has 0 spiro atoms. The lowest BCUT2D eigenvalue weighted by molar-refractivity contribution is -0.385. The Morgan fingerprint density at radius 1 is 1.33 bits per heavy atom. The van der Waals surface area contributed by atoms with E-state index in [0.717, 1.165) is 16.5 Å². The van der Waals surface area contributed by atoms with Crippen molar-refractivity contribution >= 4 is 16.6 Å². The summed E-state index contributed by atoms with van der Waals surface area (Å²) in [5.74, 6) is 0. The van der Waals surface area contributed by atoms with Crippen LogP contribution >= 0.6 is 0 Å². The van der Waals surface area contributed by atoms with Crippen LogP contribution in [-0.2, 0) is 0 Å². The number of nitrogens with zero attached hydrogens (tertiary/aromatic N) is 2. The highest BCUT2D eigenvalue weighted by Gasteiger charge is 2.14. The third-order valence-corrected chi connectivity index (χ3v) is 2.54. The van der Waals surface area contributed by atoms with Gasteiger partial charge in [-0.3, -0.25) is 10.1 Å². The molecule has 1 aromatic carbocycles. The van der Waals surface area contributed by atoms with Crippen molar-refractivity contribution in [1.82, 2.24) is 4.98 Å². The molecule has 0 amide bonds. The maximum absolute atomic E-state index is 10.7. The molecule has 0 radical (unpaired) electrons. The Hall–Kier alpha value is -1.97. The molecule has 0 aliphatic carbocycles. The van der Waals surface area contributed by atoms with Crippen LogP contribution in [0.25, 0.3) is 10.9 Å². The van der Waals surface area contributed by atoms with Gasteiger partial charge in [-0.1, -0.05) is 18.2 Å². The quantitative estimate of drug-likeness (QED) is 0.527. The van der Waals surface area contributed by atoms with E-state index in [-0.39, 0.29) is 5.69 Å². The number of hydrogen-bond donors (Lipinski definition) is 0. The van der Waals surface area contributed by atoms with Crippen molar-refractivity contribution in [2.75, 3.05) is 0 Å². The summed E-state index contributed by atoms with van der Waals surface area (Å²) in [6.45, 7) is 3.70. The van der Waals surface area contributed by atoms with Crippen LogP contribution in [-0.4, -0.2) is 9.91 Å². The standard InChI is InChI=1S/C11H10N2O2/c1-7-4-3-5-9-8(2)10(13(14)15)6-12-11(7)9/h3-6H,1-2H3. The van der Waals surface area contributed by atoms with Gasteiger partial charge >= 0.3 is 0 Å². The van der Waals surface area contributed by atoms with Crippen LogP contribution in [0, 0.1) is 24.0 Å². The molecule has 2 aromatic rings. The minimum Gasteiger partial charge on any atom is -0.258 e. The number of fused-ring (bicyclic) bond motifs is 1. The summed E-state index contributed by atoms with van der Waals surface area (Å²) in [6, 6.07) is 5.69. The average Bonchev–Trinajstić information content (AvgIpc) is 2.19. The second-order valence-corrected chi connectivity index (χ2v) is 3.50. The van der Waals surface area contributed by atoms with Crippen LogP contribution in [0.1, 0.15) is 11.1 Å². The topological polar surface area (TPSA) is 56.0 Å². The summed E-state index contributed by atoms with van der Waals surface area (Å²) in [5, 5.41) is 11.6. The highest BCUT2D eigenvalue weighted by atomic mass is 16.6. The maximum Gasteiger partial charge on any atom is 0.291 e. The lowest BCUT2D eigenvalue weighted by Crippen LogP contribution is -1.95. The summed E-state index contributed by atoms with van der Waals surface area (Å²) in [4.78, 5) is 14.4. The summed E-state index contributed by atoms with van der Waals surface area (Å²) in [7, 11) is 0. The molecule has 0 fully saturated rings. The van der Waals surface area contributed by atoms with E-state index in [4.69, 9.17) is 0 Å². The predicted octanol–water partition coefficient (Wildman–Crippen LogP) is 2.76. The molecule has 1 aromatic heterocycles. The van der Waals surface area contributed by atoms with Crippen LogP contribution < -0.4 is 0 Å². The van der Waals surface area contributed by atoms with Gasteiger partial charge < -0.3 is 0 Å². The van der Waals surface area contributed by atoms with Gasteiger partial charge in [0.1, 0.15) is 6.20 Å². The van der Waals surface area contributed by atoms with Gasteiger partial charge in [0.05, 0.1) is 10.4 Å². The van der Waals surface area contributed by atoms with Crippen LogP contribution in [0.5, 0.6) is 0 Å². The van der Waals surface area contributed by atoms with E-state index in [1.165, 1.54) is 6.20 Å². The minimum atomic E-state index is -0.399. The third-order valence-electron chi connectivity index (χ3n) is 2.54. The Balaban J connectivity index is 2.86. The molecule has 15 heavy (non-hydrogen) atoms. The first-order chi connectivity index (χ1) is 7.11. The molecule has 0 atom stereocenters. The van der Waals surface area contributed by atoms with Crippen molar-refractivity contribution in [2.45, 2.75) is 13.8 Å². The molecule has 0 unspecified atom stereocenters. The van der Waals surface area contributed by atoms with Gasteiger partial charge in [-0.25, -0.2) is 4.98 Å². The Labute approximate surface area is 86.7 Å². The molecule has 0 aliphatic rings. The Morgan fingerprint density at radius 3 is 2.73 bits per heavy atom. The van der Waals surface area contributed by atoms with Crippen molar-refractivity contribution in [3.8, 4) is 0 Å². The number of para-hydroxylation sites is 1. The number of nitro groups is 1. The molecule has 0 bridgehead atoms. The summed E-state index contributed by atoms with van der Waals surface area (Å²) in [6.07, 6.45) is 1.32. The van der Waals surface area contributed by atoms with E-state index >= 15 is 0 Å².